The Labute approximate surface area is 86.1 Å². The Morgan fingerprint density at radius 3 is 2.07 bits per heavy atom. The molecular formula is C7H3ClF4N2O. The number of nitrogens with zero attached hydrogens (tertiary/aromatic N) is 1. The van der Waals surface area contributed by atoms with Gasteiger partial charge < -0.3 is 5.32 Å². The van der Waals surface area contributed by atoms with E-state index in [4.69, 9.17) is 11.6 Å². The molecule has 0 fully saturated rings. The molecule has 0 bridgehead atoms. The maximum Gasteiger partial charge on any atom is 0.253 e. The number of pyridine rings is 1. The van der Waals surface area contributed by atoms with Crippen LogP contribution in [-0.4, -0.2) is 16.8 Å². The van der Waals surface area contributed by atoms with Gasteiger partial charge in [0.05, 0.1) is 0 Å². The van der Waals surface area contributed by atoms with E-state index in [0.29, 0.717) is 0 Å². The van der Waals surface area contributed by atoms with Crippen LogP contribution in [0.4, 0.5) is 23.2 Å². The fourth-order valence-corrected chi connectivity index (χ4v) is 0.836. The standard InChI is InChI=1S/C7H3ClF4N2O/c8-1-2(15)13-5-3(9)6(11)14-7(12)4(5)10/h1H2,(H,13,14,15). The van der Waals surface area contributed by atoms with Gasteiger partial charge in [0.15, 0.2) is 0 Å². The molecule has 0 radical (unpaired) electrons. The second-order valence-corrected chi connectivity index (χ2v) is 2.65. The monoisotopic (exact) mass is 242 g/mol. The van der Waals surface area contributed by atoms with E-state index in [0.717, 1.165) is 0 Å². The molecule has 1 amide bonds. The van der Waals surface area contributed by atoms with Crippen molar-refractivity contribution in [3.05, 3.63) is 23.5 Å². The molecule has 0 saturated carbocycles. The number of carbonyl (C=O) groups excluding carboxylic acids is 1. The highest BCUT2D eigenvalue weighted by atomic mass is 35.5. The van der Waals surface area contributed by atoms with E-state index in [-0.39, 0.29) is 0 Å². The zero-order valence-electron chi connectivity index (χ0n) is 6.95. The second kappa shape index (κ2) is 4.43. The van der Waals surface area contributed by atoms with Gasteiger partial charge in [-0.25, -0.2) is 0 Å². The summed E-state index contributed by atoms with van der Waals surface area (Å²) in [5.41, 5.74) is -1.24. The highest BCUT2D eigenvalue weighted by molar-refractivity contribution is 6.29. The number of hydrogen-bond acceptors (Lipinski definition) is 2. The Hall–Kier alpha value is -1.37. The smallest absolute Gasteiger partial charge is 0.253 e. The number of carbonyl (C=O) groups is 1. The van der Waals surface area contributed by atoms with Crippen molar-refractivity contribution in [3.63, 3.8) is 0 Å². The lowest BCUT2D eigenvalue weighted by Crippen LogP contribution is -2.17. The average Bonchev–Trinajstić information content (AvgIpc) is 2.21. The topological polar surface area (TPSA) is 42.0 Å². The minimum atomic E-state index is -1.85. The molecule has 0 aliphatic rings. The summed E-state index contributed by atoms with van der Waals surface area (Å²) in [6, 6.07) is 0. The summed E-state index contributed by atoms with van der Waals surface area (Å²) in [4.78, 5) is 13.0. The van der Waals surface area contributed by atoms with Gasteiger partial charge in [-0.1, -0.05) is 0 Å². The summed E-state index contributed by atoms with van der Waals surface area (Å²) < 4.78 is 50.7. The van der Waals surface area contributed by atoms with Crippen molar-refractivity contribution >= 4 is 23.2 Å². The predicted molar refractivity (Wildman–Crippen MR) is 43.4 cm³/mol. The minimum absolute atomic E-state index is 0.607. The molecule has 0 atom stereocenters. The summed E-state index contributed by atoms with van der Waals surface area (Å²) in [5, 5.41) is 1.57. The van der Waals surface area contributed by atoms with Crippen molar-refractivity contribution in [2.45, 2.75) is 0 Å². The Kier molecular flexibility index (Phi) is 3.46. The van der Waals surface area contributed by atoms with Crippen LogP contribution in [0.2, 0.25) is 0 Å². The van der Waals surface area contributed by atoms with E-state index in [1.54, 1.807) is 5.32 Å². The van der Waals surface area contributed by atoms with Crippen LogP contribution in [0, 0.1) is 23.5 Å². The van der Waals surface area contributed by atoms with Crippen LogP contribution in [0.15, 0.2) is 0 Å². The van der Waals surface area contributed by atoms with Crippen LogP contribution in [-0.2, 0) is 4.79 Å². The molecule has 1 aromatic heterocycles. The summed E-state index contributed by atoms with van der Waals surface area (Å²) in [6.45, 7) is 0. The largest absolute Gasteiger partial charge is 0.320 e. The quantitative estimate of drug-likeness (QED) is 0.488. The lowest BCUT2D eigenvalue weighted by molar-refractivity contribution is -0.114. The molecule has 15 heavy (non-hydrogen) atoms. The molecule has 1 N–H and O–H groups in total. The number of nitrogens with one attached hydrogen (secondary N) is 1. The molecule has 82 valence electrons. The number of aromatic nitrogens is 1. The van der Waals surface area contributed by atoms with E-state index in [9.17, 15) is 22.4 Å². The van der Waals surface area contributed by atoms with Crippen molar-refractivity contribution < 1.29 is 22.4 Å². The van der Waals surface area contributed by atoms with Crippen molar-refractivity contribution in [2.24, 2.45) is 0 Å². The molecule has 0 saturated heterocycles. The molecule has 0 aliphatic carbocycles. The first kappa shape index (κ1) is 11.7. The van der Waals surface area contributed by atoms with Crippen molar-refractivity contribution in [1.29, 1.82) is 0 Å². The van der Waals surface area contributed by atoms with Crippen molar-refractivity contribution in [1.82, 2.24) is 4.98 Å². The third-order valence-electron chi connectivity index (χ3n) is 1.38. The fourth-order valence-electron chi connectivity index (χ4n) is 0.770. The maximum absolute atomic E-state index is 12.8. The van der Waals surface area contributed by atoms with Crippen LogP contribution in [0.3, 0.4) is 0 Å². The molecule has 0 aliphatic heterocycles. The Bertz CT molecular complexity index is 386. The van der Waals surface area contributed by atoms with Crippen LogP contribution in [0.5, 0.6) is 0 Å². The Morgan fingerprint density at radius 2 is 1.67 bits per heavy atom. The maximum atomic E-state index is 12.8. The van der Waals surface area contributed by atoms with Gasteiger partial charge in [0, 0.05) is 0 Å². The molecule has 0 spiro atoms. The molecule has 3 nitrogen and oxygen atoms in total. The molecule has 1 aromatic rings. The third-order valence-corrected chi connectivity index (χ3v) is 1.63. The zero-order chi connectivity index (χ0) is 11.6. The Balaban J connectivity index is 3.21. The van der Waals surface area contributed by atoms with E-state index < -0.39 is 41.0 Å². The molecular weight excluding hydrogens is 240 g/mol. The number of rotatable bonds is 2. The van der Waals surface area contributed by atoms with E-state index in [1.807, 2.05) is 0 Å². The number of anilines is 1. The van der Waals surface area contributed by atoms with Gasteiger partial charge in [0.25, 0.3) is 11.9 Å². The number of alkyl halides is 1. The highest BCUT2D eigenvalue weighted by Gasteiger charge is 2.21. The van der Waals surface area contributed by atoms with Crippen molar-refractivity contribution in [2.75, 3.05) is 11.2 Å². The lowest BCUT2D eigenvalue weighted by atomic mass is 10.3. The molecule has 8 heteroatoms. The Morgan fingerprint density at radius 1 is 1.20 bits per heavy atom. The van der Waals surface area contributed by atoms with Gasteiger partial charge in [-0.3, -0.25) is 4.79 Å². The minimum Gasteiger partial charge on any atom is -0.320 e. The van der Waals surface area contributed by atoms with Gasteiger partial charge in [-0.15, -0.1) is 11.6 Å². The predicted octanol–water partition coefficient (Wildman–Crippen LogP) is 1.82. The van der Waals surface area contributed by atoms with Gasteiger partial charge in [-0.2, -0.15) is 22.5 Å². The van der Waals surface area contributed by atoms with Crippen LogP contribution >= 0.6 is 11.6 Å². The first-order valence-electron chi connectivity index (χ1n) is 3.53. The van der Waals surface area contributed by atoms with Crippen LogP contribution in [0.1, 0.15) is 0 Å². The number of halogens is 5. The SMILES string of the molecule is O=C(CCl)Nc1c(F)c(F)nc(F)c1F. The van der Waals surface area contributed by atoms with Gasteiger partial charge in [-0.05, 0) is 0 Å². The number of amides is 1. The van der Waals surface area contributed by atoms with Crippen molar-refractivity contribution in [3.8, 4) is 0 Å². The normalized spacial score (nSPS) is 10.2. The second-order valence-electron chi connectivity index (χ2n) is 2.38. The molecule has 1 rings (SSSR count). The van der Waals surface area contributed by atoms with Crippen LogP contribution in [0.25, 0.3) is 0 Å². The first-order chi connectivity index (χ1) is 6.97. The fraction of sp³-hybridized carbons (Fsp3) is 0.143. The van der Waals surface area contributed by atoms with E-state index >= 15 is 0 Å². The molecule has 0 unspecified atom stereocenters. The summed E-state index contributed by atoms with van der Waals surface area (Å²) in [5.74, 6) is -8.87. The summed E-state index contributed by atoms with van der Waals surface area (Å²) in [7, 11) is 0. The van der Waals surface area contributed by atoms with E-state index in [2.05, 4.69) is 4.98 Å². The summed E-state index contributed by atoms with van der Waals surface area (Å²) in [6.07, 6.45) is 0. The van der Waals surface area contributed by atoms with E-state index in [1.165, 1.54) is 0 Å². The lowest BCUT2D eigenvalue weighted by Gasteiger charge is -2.06. The third kappa shape index (κ3) is 2.35. The first-order valence-corrected chi connectivity index (χ1v) is 4.06. The molecule has 0 aromatic carbocycles. The van der Waals surface area contributed by atoms with Crippen LogP contribution < -0.4 is 5.32 Å². The highest BCUT2D eigenvalue weighted by Crippen LogP contribution is 2.21. The number of hydrogen-bond donors (Lipinski definition) is 1. The zero-order valence-corrected chi connectivity index (χ0v) is 7.71. The summed E-state index contributed by atoms with van der Waals surface area (Å²) >= 11 is 5.03. The van der Waals surface area contributed by atoms with Gasteiger partial charge >= 0.3 is 0 Å². The van der Waals surface area contributed by atoms with Gasteiger partial charge in [0.1, 0.15) is 11.6 Å². The van der Waals surface area contributed by atoms with Gasteiger partial charge in [0.2, 0.25) is 17.5 Å². The average molecular weight is 243 g/mol. The molecule has 1 heterocycles.